The Balaban J connectivity index is 2.21. The van der Waals surface area contributed by atoms with Crippen LogP contribution in [0.25, 0.3) is 0 Å². The highest BCUT2D eigenvalue weighted by Crippen LogP contribution is 2.35. The van der Waals surface area contributed by atoms with Gasteiger partial charge in [0.25, 0.3) is 0 Å². The number of anilines is 1. The van der Waals surface area contributed by atoms with Crippen LogP contribution in [0, 0.1) is 5.41 Å². The second-order valence-electron chi connectivity index (χ2n) is 5.48. The molecule has 1 amide bonds. The van der Waals surface area contributed by atoms with E-state index >= 15 is 0 Å². The maximum Gasteiger partial charge on any atom is 0.225 e. The van der Waals surface area contributed by atoms with Crippen molar-refractivity contribution in [3.05, 3.63) is 28.2 Å². The van der Waals surface area contributed by atoms with Gasteiger partial charge in [-0.25, -0.2) is 0 Å². The normalized spacial score (nSPS) is 24.5. The molecule has 2 atom stereocenters. The summed E-state index contributed by atoms with van der Waals surface area (Å²) in [6, 6.07) is 5.86. The molecule has 1 aliphatic heterocycles. The van der Waals surface area contributed by atoms with Crippen molar-refractivity contribution in [3.63, 3.8) is 0 Å². The second kappa shape index (κ2) is 5.13. The van der Waals surface area contributed by atoms with Gasteiger partial charge in [0.2, 0.25) is 5.91 Å². The minimum atomic E-state index is -0.502. The molecule has 104 valence electrons. The zero-order valence-electron chi connectivity index (χ0n) is 11.2. The third kappa shape index (κ3) is 2.77. The first-order valence-electron chi connectivity index (χ1n) is 6.36. The molecule has 0 saturated carbocycles. The molecule has 1 aliphatic rings. The topological polar surface area (TPSA) is 66.6 Å². The van der Waals surface area contributed by atoms with Crippen molar-refractivity contribution < 1.29 is 9.90 Å². The third-order valence-corrected chi connectivity index (χ3v) is 4.55. The molecule has 0 spiro atoms. The lowest BCUT2D eigenvalue weighted by Crippen LogP contribution is -2.37. The van der Waals surface area contributed by atoms with Gasteiger partial charge in [-0.15, -0.1) is 0 Å². The summed E-state index contributed by atoms with van der Waals surface area (Å²) in [5.41, 5.74) is 6.91. The zero-order valence-corrected chi connectivity index (χ0v) is 12.8. The highest BCUT2D eigenvalue weighted by atomic mass is 79.9. The predicted octanol–water partition coefficient (Wildman–Crippen LogP) is 2.20. The van der Waals surface area contributed by atoms with Crippen molar-refractivity contribution in [2.45, 2.75) is 26.4 Å². The highest BCUT2D eigenvalue weighted by molar-refractivity contribution is 9.10. The van der Waals surface area contributed by atoms with Gasteiger partial charge in [0.1, 0.15) is 0 Å². The van der Waals surface area contributed by atoms with E-state index in [0.29, 0.717) is 6.54 Å². The van der Waals surface area contributed by atoms with Gasteiger partial charge in [0.15, 0.2) is 0 Å². The van der Waals surface area contributed by atoms with Crippen LogP contribution in [0.4, 0.5) is 5.69 Å². The van der Waals surface area contributed by atoms with Crippen molar-refractivity contribution in [2.24, 2.45) is 11.1 Å². The molecule has 5 heteroatoms. The van der Waals surface area contributed by atoms with E-state index in [2.05, 4.69) is 20.8 Å². The molecule has 1 fully saturated rings. The molecule has 0 bridgehead atoms. The summed E-state index contributed by atoms with van der Waals surface area (Å²) in [6.45, 7) is 5.11. The average molecular weight is 327 g/mol. The first-order chi connectivity index (χ1) is 8.83. The fraction of sp³-hybridized carbons (Fsp3) is 0.500. The smallest absolute Gasteiger partial charge is 0.225 e. The van der Waals surface area contributed by atoms with Crippen molar-refractivity contribution in [1.82, 2.24) is 0 Å². The SMILES string of the molecule is CC(O)c1ccc(N2CCC(C)(C(N)=O)C2)cc1Br. The number of halogens is 1. The number of hydrogen-bond donors (Lipinski definition) is 2. The molecule has 4 nitrogen and oxygen atoms in total. The van der Waals surface area contributed by atoms with Crippen LogP contribution in [0.3, 0.4) is 0 Å². The number of nitrogens with two attached hydrogens (primary N) is 1. The summed E-state index contributed by atoms with van der Waals surface area (Å²) >= 11 is 3.47. The molecule has 3 N–H and O–H groups in total. The summed E-state index contributed by atoms with van der Waals surface area (Å²) in [7, 11) is 0. The van der Waals surface area contributed by atoms with Crippen LogP contribution < -0.4 is 10.6 Å². The summed E-state index contributed by atoms with van der Waals surface area (Å²) in [4.78, 5) is 13.6. The molecular weight excluding hydrogens is 308 g/mol. The molecule has 2 unspecified atom stereocenters. The van der Waals surface area contributed by atoms with Crippen molar-refractivity contribution in [2.75, 3.05) is 18.0 Å². The summed E-state index contributed by atoms with van der Waals surface area (Å²) in [5.74, 6) is -0.241. The Morgan fingerprint density at radius 3 is 2.74 bits per heavy atom. The van der Waals surface area contributed by atoms with Gasteiger partial charge in [-0.3, -0.25) is 4.79 Å². The van der Waals surface area contributed by atoms with Gasteiger partial charge in [-0.1, -0.05) is 22.0 Å². The Kier molecular flexibility index (Phi) is 3.87. The van der Waals surface area contributed by atoms with Crippen LogP contribution >= 0.6 is 15.9 Å². The van der Waals surface area contributed by atoms with E-state index < -0.39 is 11.5 Å². The number of amides is 1. The van der Waals surface area contributed by atoms with Crippen LogP contribution in [0.2, 0.25) is 0 Å². The van der Waals surface area contributed by atoms with E-state index in [1.807, 2.05) is 25.1 Å². The molecule has 1 saturated heterocycles. The van der Waals surface area contributed by atoms with E-state index in [1.165, 1.54) is 0 Å². The first-order valence-corrected chi connectivity index (χ1v) is 7.15. The standard InChI is InChI=1S/C14H19BrN2O2/c1-9(18)11-4-3-10(7-12(11)15)17-6-5-14(2,8-17)13(16)19/h3-4,7,9,18H,5-6,8H2,1-2H3,(H2,16,19). The van der Waals surface area contributed by atoms with Gasteiger partial charge in [0.05, 0.1) is 11.5 Å². The largest absolute Gasteiger partial charge is 0.389 e. The van der Waals surface area contributed by atoms with E-state index in [4.69, 9.17) is 5.73 Å². The molecule has 0 aromatic heterocycles. The van der Waals surface area contributed by atoms with Crippen LogP contribution in [0.1, 0.15) is 31.9 Å². The third-order valence-electron chi connectivity index (χ3n) is 3.87. The van der Waals surface area contributed by atoms with Crippen molar-refractivity contribution in [1.29, 1.82) is 0 Å². The molecule has 0 aliphatic carbocycles. The molecule has 1 heterocycles. The number of carbonyl (C=O) groups excluding carboxylic acids is 1. The van der Waals surface area contributed by atoms with Crippen LogP contribution in [-0.4, -0.2) is 24.1 Å². The number of benzene rings is 1. The predicted molar refractivity (Wildman–Crippen MR) is 78.9 cm³/mol. The van der Waals surface area contributed by atoms with Gasteiger partial charge in [-0.05, 0) is 38.0 Å². The van der Waals surface area contributed by atoms with E-state index in [1.54, 1.807) is 6.92 Å². The minimum Gasteiger partial charge on any atom is -0.389 e. The van der Waals surface area contributed by atoms with Crippen LogP contribution in [0.15, 0.2) is 22.7 Å². The first kappa shape index (κ1) is 14.3. The molecule has 1 aromatic rings. The molecule has 1 aromatic carbocycles. The number of aliphatic hydroxyl groups excluding tert-OH is 1. The van der Waals surface area contributed by atoms with E-state index in [0.717, 1.165) is 28.7 Å². The molecule has 19 heavy (non-hydrogen) atoms. The van der Waals surface area contributed by atoms with Crippen molar-refractivity contribution >= 4 is 27.5 Å². The number of rotatable bonds is 3. The fourth-order valence-corrected chi connectivity index (χ4v) is 3.13. The van der Waals surface area contributed by atoms with E-state index in [9.17, 15) is 9.90 Å². The van der Waals surface area contributed by atoms with E-state index in [-0.39, 0.29) is 5.91 Å². The Morgan fingerprint density at radius 2 is 2.26 bits per heavy atom. The van der Waals surface area contributed by atoms with Crippen LogP contribution in [-0.2, 0) is 4.79 Å². The summed E-state index contributed by atoms with van der Waals surface area (Å²) < 4.78 is 0.882. The summed E-state index contributed by atoms with van der Waals surface area (Å²) in [5, 5.41) is 9.61. The van der Waals surface area contributed by atoms with Crippen LogP contribution in [0.5, 0.6) is 0 Å². The Morgan fingerprint density at radius 1 is 1.58 bits per heavy atom. The highest BCUT2D eigenvalue weighted by Gasteiger charge is 2.38. The lowest BCUT2D eigenvalue weighted by Gasteiger charge is -2.23. The number of aliphatic hydroxyl groups is 1. The quantitative estimate of drug-likeness (QED) is 0.894. The second-order valence-corrected chi connectivity index (χ2v) is 6.33. The van der Waals surface area contributed by atoms with Gasteiger partial charge < -0.3 is 15.7 Å². The molecule has 0 radical (unpaired) electrons. The van der Waals surface area contributed by atoms with Gasteiger partial charge in [-0.2, -0.15) is 0 Å². The zero-order chi connectivity index (χ0) is 14.2. The fourth-order valence-electron chi connectivity index (χ4n) is 2.43. The number of carbonyl (C=O) groups is 1. The van der Waals surface area contributed by atoms with Crippen molar-refractivity contribution in [3.8, 4) is 0 Å². The van der Waals surface area contributed by atoms with Gasteiger partial charge >= 0.3 is 0 Å². The van der Waals surface area contributed by atoms with Gasteiger partial charge in [0, 0.05) is 23.2 Å². The Bertz CT molecular complexity index is 504. The minimum absolute atomic E-state index is 0.241. The Labute approximate surface area is 121 Å². The lowest BCUT2D eigenvalue weighted by atomic mass is 9.89. The lowest BCUT2D eigenvalue weighted by molar-refractivity contribution is -0.125. The Hall–Kier alpha value is -1.07. The average Bonchev–Trinajstić information content (AvgIpc) is 2.73. The molecular formula is C14H19BrN2O2. The maximum absolute atomic E-state index is 11.5. The number of hydrogen-bond acceptors (Lipinski definition) is 3. The maximum atomic E-state index is 11.5. The monoisotopic (exact) mass is 326 g/mol. The molecule has 2 rings (SSSR count). The summed E-state index contributed by atoms with van der Waals surface area (Å²) in [6.07, 6.45) is 0.274. The number of primary amides is 1. The number of nitrogens with zero attached hydrogens (tertiary/aromatic N) is 1.